The van der Waals surface area contributed by atoms with Gasteiger partial charge in [0.15, 0.2) is 0 Å². The molecule has 0 aliphatic heterocycles. The number of para-hydroxylation sites is 2. The summed E-state index contributed by atoms with van der Waals surface area (Å²) in [5.41, 5.74) is -0.266. The molecule has 0 unspecified atom stereocenters. The Kier molecular flexibility index (Phi) is 4.00. The second-order valence-electron chi connectivity index (χ2n) is 4.01. The molecule has 0 heterocycles. The molecule has 0 aromatic heterocycles. The third-order valence-corrected chi connectivity index (χ3v) is 2.80. The van der Waals surface area contributed by atoms with Crippen LogP contribution in [0.5, 0.6) is 5.75 Å². The van der Waals surface area contributed by atoms with Crippen LogP contribution in [0.2, 0.25) is 0 Å². The normalized spacial score (nSPS) is 9.76. The number of hydrogen-bond acceptors (Lipinski definition) is 5. The van der Waals surface area contributed by atoms with E-state index in [0.29, 0.717) is 5.75 Å². The smallest absolute Gasteiger partial charge is 0.327 e. The summed E-state index contributed by atoms with van der Waals surface area (Å²) >= 11 is 0. The first-order valence-electron chi connectivity index (χ1n) is 5.85. The van der Waals surface area contributed by atoms with Crippen molar-refractivity contribution in [1.82, 2.24) is 0 Å². The van der Waals surface area contributed by atoms with Crippen LogP contribution < -0.4 is 10.1 Å². The lowest BCUT2D eigenvalue weighted by molar-refractivity contribution is -0.386. The van der Waals surface area contributed by atoms with Crippen LogP contribution in [0.25, 0.3) is 0 Å². The van der Waals surface area contributed by atoms with E-state index in [1.807, 2.05) is 6.07 Å². The summed E-state index contributed by atoms with van der Waals surface area (Å²) in [6.07, 6.45) is 0. The predicted octanol–water partition coefficient (Wildman–Crippen LogP) is 3.36. The molecule has 0 saturated heterocycles. The Morgan fingerprint density at radius 1 is 1.33 bits per heavy atom. The lowest BCUT2D eigenvalue weighted by Gasteiger charge is -2.12. The average molecular weight is 287 g/mol. The summed E-state index contributed by atoms with van der Waals surface area (Å²) in [6.45, 7) is 0. The van der Waals surface area contributed by atoms with Crippen molar-refractivity contribution in [2.45, 2.75) is 0 Å². The van der Waals surface area contributed by atoms with Gasteiger partial charge in [-0.1, -0.05) is 12.1 Å². The van der Waals surface area contributed by atoms with Crippen molar-refractivity contribution in [3.63, 3.8) is 0 Å². The summed E-state index contributed by atoms with van der Waals surface area (Å²) in [6, 6.07) is 10.4. The van der Waals surface area contributed by atoms with Crippen molar-refractivity contribution in [2.75, 3.05) is 12.4 Å². The Morgan fingerprint density at radius 2 is 2.05 bits per heavy atom. The largest absolute Gasteiger partial charge is 0.495 e. The van der Waals surface area contributed by atoms with Gasteiger partial charge in [-0.15, -0.1) is 0 Å². The first-order chi connectivity index (χ1) is 10.1. The molecular formula is C14H10FN3O3. The average Bonchev–Trinajstić information content (AvgIpc) is 2.47. The Labute approximate surface area is 119 Å². The molecule has 7 heteroatoms. The van der Waals surface area contributed by atoms with E-state index in [4.69, 9.17) is 10.00 Å². The number of halogens is 1. The Bertz CT molecular complexity index is 741. The molecule has 0 amide bonds. The topological polar surface area (TPSA) is 88.2 Å². The highest BCUT2D eigenvalue weighted by molar-refractivity contribution is 5.77. The van der Waals surface area contributed by atoms with Crippen LogP contribution in [0.3, 0.4) is 0 Å². The molecular weight excluding hydrogens is 277 g/mol. The first-order valence-corrected chi connectivity index (χ1v) is 5.85. The zero-order chi connectivity index (χ0) is 15.4. The molecule has 0 saturated carbocycles. The number of benzene rings is 2. The van der Waals surface area contributed by atoms with Crippen LogP contribution >= 0.6 is 0 Å². The number of methoxy groups -OCH3 is 1. The zero-order valence-corrected chi connectivity index (χ0v) is 11.0. The quantitative estimate of drug-likeness (QED) is 0.688. The van der Waals surface area contributed by atoms with Crippen LogP contribution in [-0.4, -0.2) is 12.0 Å². The molecule has 106 valence electrons. The molecule has 2 rings (SSSR count). The number of hydrogen-bond donors (Lipinski definition) is 1. The van der Waals surface area contributed by atoms with Gasteiger partial charge in [-0.2, -0.15) is 9.65 Å². The van der Waals surface area contributed by atoms with Gasteiger partial charge in [-0.05, 0) is 24.3 Å². The number of nitro groups is 1. The maximum Gasteiger partial charge on any atom is 0.327 e. The number of nitro benzene ring substituents is 1. The van der Waals surface area contributed by atoms with E-state index in [1.165, 1.54) is 25.3 Å². The van der Waals surface area contributed by atoms with Crippen molar-refractivity contribution in [1.29, 1.82) is 5.26 Å². The van der Waals surface area contributed by atoms with Crippen LogP contribution in [0.4, 0.5) is 21.5 Å². The highest BCUT2D eigenvalue weighted by atomic mass is 19.1. The third kappa shape index (κ3) is 2.74. The maximum absolute atomic E-state index is 13.6. The predicted molar refractivity (Wildman–Crippen MR) is 74.0 cm³/mol. The fraction of sp³-hybridized carbons (Fsp3) is 0.0714. The molecule has 2 aromatic carbocycles. The van der Waals surface area contributed by atoms with Gasteiger partial charge in [0.25, 0.3) is 0 Å². The van der Waals surface area contributed by atoms with Crippen LogP contribution in [0.1, 0.15) is 5.56 Å². The summed E-state index contributed by atoms with van der Waals surface area (Å²) < 4.78 is 18.7. The Morgan fingerprint density at radius 3 is 2.67 bits per heavy atom. The molecule has 0 aliphatic rings. The molecule has 0 atom stereocenters. The van der Waals surface area contributed by atoms with Crippen molar-refractivity contribution >= 4 is 17.1 Å². The summed E-state index contributed by atoms with van der Waals surface area (Å²) in [4.78, 5) is 10.2. The highest BCUT2D eigenvalue weighted by Crippen LogP contribution is 2.35. The molecule has 0 bridgehead atoms. The molecule has 1 N–H and O–H groups in total. The number of nitriles is 1. The van der Waals surface area contributed by atoms with Gasteiger partial charge < -0.3 is 10.1 Å². The van der Waals surface area contributed by atoms with Gasteiger partial charge in [0.05, 0.1) is 23.3 Å². The lowest BCUT2D eigenvalue weighted by Crippen LogP contribution is -2.02. The van der Waals surface area contributed by atoms with E-state index in [-0.39, 0.29) is 16.9 Å². The van der Waals surface area contributed by atoms with Crippen LogP contribution in [0.15, 0.2) is 36.4 Å². The molecule has 0 fully saturated rings. The second-order valence-corrected chi connectivity index (χ2v) is 4.01. The van der Waals surface area contributed by atoms with Gasteiger partial charge in [-0.3, -0.25) is 10.1 Å². The van der Waals surface area contributed by atoms with Gasteiger partial charge >= 0.3 is 5.69 Å². The van der Waals surface area contributed by atoms with Gasteiger partial charge in [-0.25, -0.2) is 0 Å². The monoisotopic (exact) mass is 287 g/mol. The lowest BCUT2D eigenvalue weighted by atomic mass is 10.1. The summed E-state index contributed by atoms with van der Waals surface area (Å²) in [5, 5.41) is 22.8. The second kappa shape index (κ2) is 5.88. The Balaban J connectivity index is 2.56. The minimum absolute atomic E-state index is 0.0546. The van der Waals surface area contributed by atoms with E-state index < -0.39 is 16.4 Å². The summed E-state index contributed by atoms with van der Waals surface area (Å²) in [5.74, 6) is -0.633. The van der Waals surface area contributed by atoms with E-state index in [2.05, 4.69) is 5.32 Å². The molecule has 21 heavy (non-hydrogen) atoms. The minimum atomic E-state index is -0.960. The first kappa shape index (κ1) is 14.3. The zero-order valence-electron chi connectivity index (χ0n) is 11.0. The van der Waals surface area contributed by atoms with E-state index in [0.717, 1.165) is 6.07 Å². The molecule has 0 aliphatic carbocycles. The van der Waals surface area contributed by atoms with Crippen molar-refractivity contribution in [3.8, 4) is 11.8 Å². The number of nitrogens with one attached hydrogen (secondary N) is 1. The van der Waals surface area contributed by atoms with Crippen molar-refractivity contribution < 1.29 is 14.1 Å². The Hall–Kier alpha value is -3.14. The number of nitrogens with zero attached hydrogens (tertiary/aromatic N) is 2. The number of ether oxygens (including phenoxy) is 1. The van der Waals surface area contributed by atoms with Crippen LogP contribution in [-0.2, 0) is 0 Å². The maximum atomic E-state index is 13.6. The number of anilines is 2. The van der Waals surface area contributed by atoms with Crippen LogP contribution in [0, 0.1) is 27.3 Å². The van der Waals surface area contributed by atoms with Gasteiger partial charge in [0.1, 0.15) is 17.5 Å². The SMILES string of the molecule is COc1cccc(C#N)c1Nc1cccc(F)c1[N+](=O)[O-]. The van der Waals surface area contributed by atoms with Crippen molar-refractivity contribution in [2.24, 2.45) is 0 Å². The molecule has 0 radical (unpaired) electrons. The fourth-order valence-electron chi connectivity index (χ4n) is 1.86. The van der Waals surface area contributed by atoms with Gasteiger partial charge in [0, 0.05) is 0 Å². The highest BCUT2D eigenvalue weighted by Gasteiger charge is 2.21. The van der Waals surface area contributed by atoms with E-state index >= 15 is 0 Å². The van der Waals surface area contributed by atoms with E-state index in [1.54, 1.807) is 12.1 Å². The number of rotatable bonds is 4. The fourth-order valence-corrected chi connectivity index (χ4v) is 1.86. The third-order valence-electron chi connectivity index (χ3n) is 2.80. The summed E-state index contributed by atoms with van der Waals surface area (Å²) in [7, 11) is 1.40. The van der Waals surface area contributed by atoms with Gasteiger partial charge in [0.2, 0.25) is 5.82 Å². The molecule has 6 nitrogen and oxygen atoms in total. The standard InChI is InChI=1S/C14H10FN3O3/c1-21-12-7-2-4-9(8-16)13(12)17-11-6-3-5-10(15)14(11)18(19)20/h2-7,17H,1H3. The van der Waals surface area contributed by atoms with E-state index in [9.17, 15) is 14.5 Å². The minimum Gasteiger partial charge on any atom is -0.495 e. The molecule has 0 spiro atoms. The van der Waals surface area contributed by atoms with Crippen molar-refractivity contribution in [3.05, 3.63) is 57.9 Å². The molecule has 2 aromatic rings.